The maximum Gasteiger partial charge on any atom is 0.228 e. The monoisotopic (exact) mass is 313 g/mol. The molecule has 0 bridgehead atoms. The first-order chi connectivity index (χ1) is 11.2. The third-order valence-corrected chi connectivity index (χ3v) is 5.46. The Kier molecular flexibility index (Phi) is 3.79. The van der Waals surface area contributed by atoms with E-state index >= 15 is 0 Å². The Bertz CT molecular complexity index is 586. The molecule has 3 atom stereocenters. The molecule has 2 saturated carbocycles. The lowest BCUT2D eigenvalue weighted by atomic mass is 10.0. The number of likely N-dealkylation sites (tertiary alicyclic amines) is 1. The molecule has 3 fully saturated rings. The number of nitrogens with one attached hydrogen (secondary N) is 1. The summed E-state index contributed by atoms with van der Waals surface area (Å²) < 4.78 is 0. The average molecular weight is 313 g/mol. The van der Waals surface area contributed by atoms with Gasteiger partial charge >= 0.3 is 0 Å². The second-order valence-electron chi connectivity index (χ2n) is 7.27. The van der Waals surface area contributed by atoms with Crippen LogP contribution in [0, 0.1) is 17.8 Å². The largest absolute Gasteiger partial charge is 0.353 e. The number of amides is 2. The van der Waals surface area contributed by atoms with E-state index in [-0.39, 0.29) is 17.7 Å². The van der Waals surface area contributed by atoms with Gasteiger partial charge in [0.2, 0.25) is 11.8 Å². The van der Waals surface area contributed by atoms with Gasteiger partial charge in [-0.2, -0.15) is 0 Å². The lowest BCUT2D eigenvalue weighted by Gasteiger charge is -2.19. The van der Waals surface area contributed by atoms with Crippen molar-refractivity contribution in [1.29, 1.82) is 0 Å². The highest BCUT2D eigenvalue weighted by Crippen LogP contribution is 2.42. The van der Waals surface area contributed by atoms with Gasteiger partial charge in [-0.15, -0.1) is 0 Å². The number of rotatable bonds is 4. The lowest BCUT2D eigenvalue weighted by molar-refractivity contribution is -0.129. The SMILES string of the molecule is O=C(NC1CC1)C1C[C@@H]2CN(C(=O)Cc3ccccn3)C[C@@H]2C1. The zero-order valence-corrected chi connectivity index (χ0v) is 13.3. The topological polar surface area (TPSA) is 62.3 Å². The maximum atomic E-state index is 12.4. The second kappa shape index (κ2) is 5.95. The molecule has 1 unspecified atom stereocenters. The number of hydrogen-bond donors (Lipinski definition) is 1. The summed E-state index contributed by atoms with van der Waals surface area (Å²) in [7, 11) is 0. The minimum Gasteiger partial charge on any atom is -0.353 e. The van der Waals surface area contributed by atoms with Crippen LogP contribution in [0.2, 0.25) is 0 Å². The average Bonchev–Trinajstić information content (AvgIpc) is 3.12. The Morgan fingerprint density at radius 3 is 2.52 bits per heavy atom. The van der Waals surface area contributed by atoms with E-state index in [9.17, 15) is 9.59 Å². The van der Waals surface area contributed by atoms with Crippen LogP contribution >= 0.6 is 0 Å². The van der Waals surface area contributed by atoms with Gasteiger partial charge in [0, 0.05) is 36.9 Å². The first kappa shape index (κ1) is 14.7. The van der Waals surface area contributed by atoms with Crippen molar-refractivity contribution >= 4 is 11.8 Å². The molecule has 1 aromatic rings. The minimum atomic E-state index is 0.164. The van der Waals surface area contributed by atoms with Crippen molar-refractivity contribution in [2.75, 3.05) is 13.1 Å². The molecule has 2 amide bonds. The molecule has 2 aliphatic carbocycles. The van der Waals surface area contributed by atoms with Gasteiger partial charge in [0.1, 0.15) is 0 Å². The fraction of sp³-hybridized carbons (Fsp3) is 0.611. The molecule has 5 heteroatoms. The third-order valence-electron chi connectivity index (χ3n) is 5.46. The van der Waals surface area contributed by atoms with E-state index < -0.39 is 0 Å². The zero-order valence-electron chi connectivity index (χ0n) is 13.3. The van der Waals surface area contributed by atoms with Crippen LogP contribution in [0.1, 0.15) is 31.4 Å². The number of nitrogens with zero attached hydrogens (tertiary/aromatic N) is 2. The fourth-order valence-electron chi connectivity index (χ4n) is 4.03. The van der Waals surface area contributed by atoms with Crippen LogP contribution in [0.15, 0.2) is 24.4 Å². The van der Waals surface area contributed by atoms with Crippen LogP contribution in [0.25, 0.3) is 0 Å². The summed E-state index contributed by atoms with van der Waals surface area (Å²) >= 11 is 0. The van der Waals surface area contributed by atoms with Gasteiger partial charge in [-0.05, 0) is 49.7 Å². The number of hydrogen-bond acceptors (Lipinski definition) is 3. The highest BCUT2D eigenvalue weighted by atomic mass is 16.2. The summed E-state index contributed by atoms with van der Waals surface area (Å²) in [4.78, 5) is 30.8. The number of carbonyl (C=O) groups is 2. The maximum absolute atomic E-state index is 12.4. The summed E-state index contributed by atoms with van der Waals surface area (Å²) in [6, 6.07) is 6.12. The summed E-state index contributed by atoms with van der Waals surface area (Å²) in [5, 5.41) is 3.12. The van der Waals surface area contributed by atoms with E-state index in [1.54, 1.807) is 6.20 Å². The van der Waals surface area contributed by atoms with Crippen LogP contribution in [0.3, 0.4) is 0 Å². The summed E-state index contributed by atoms with van der Waals surface area (Å²) in [6.07, 6.45) is 6.27. The lowest BCUT2D eigenvalue weighted by Crippen LogP contribution is -2.34. The predicted molar refractivity (Wildman–Crippen MR) is 85.4 cm³/mol. The first-order valence-corrected chi connectivity index (χ1v) is 8.67. The molecule has 1 aromatic heterocycles. The molecular weight excluding hydrogens is 290 g/mol. The second-order valence-corrected chi connectivity index (χ2v) is 7.27. The molecule has 122 valence electrons. The van der Waals surface area contributed by atoms with Gasteiger partial charge in [-0.1, -0.05) is 6.07 Å². The Morgan fingerprint density at radius 1 is 1.17 bits per heavy atom. The molecule has 1 aliphatic heterocycles. The molecule has 0 radical (unpaired) electrons. The van der Waals surface area contributed by atoms with E-state index in [1.165, 1.54) is 0 Å². The van der Waals surface area contributed by atoms with Gasteiger partial charge in [-0.3, -0.25) is 14.6 Å². The van der Waals surface area contributed by atoms with Crippen molar-refractivity contribution in [3.05, 3.63) is 30.1 Å². The van der Waals surface area contributed by atoms with Crippen molar-refractivity contribution in [3.8, 4) is 0 Å². The fourth-order valence-corrected chi connectivity index (χ4v) is 4.03. The highest BCUT2D eigenvalue weighted by Gasteiger charge is 2.44. The Morgan fingerprint density at radius 2 is 1.91 bits per heavy atom. The van der Waals surface area contributed by atoms with Gasteiger partial charge in [0.15, 0.2) is 0 Å². The van der Waals surface area contributed by atoms with E-state index in [2.05, 4.69) is 10.3 Å². The van der Waals surface area contributed by atoms with Crippen molar-refractivity contribution in [2.24, 2.45) is 17.8 Å². The number of carbonyl (C=O) groups excluding carboxylic acids is 2. The zero-order chi connectivity index (χ0) is 15.8. The number of aromatic nitrogens is 1. The molecule has 4 rings (SSSR count). The Labute approximate surface area is 136 Å². The van der Waals surface area contributed by atoms with Crippen molar-refractivity contribution in [3.63, 3.8) is 0 Å². The van der Waals surface area contributed by atoms with Crippen molar-refractivity contribution < 1.29 is 9.59 Å². The molecule has 1 N–H and O–H groups in total. The van der Waals surface area contributed by atoms with Crippen molar-refractivity contribution in [2.45, 2.75) is 38.1 Å². The molecule has 23 heavy (non-hydrogen) atoms. The van der Waals surface area contributed by atoms with Crippen LogP contribution in [0.4, 0.5) is 0 Å². The molecule has 3 aliphatic rings. The quantitative estimate of drug-likeness (QED) is 0.913. The highest BCUT2D eigenvalue weighted by molar-refractivity contribution is 5.80. The number of fused-ring (bicyclic) bond motifs is 1. The summed E-state index contributed by atoms with van der Waals surface area (Å²) in [6.45, 7) is 1.62. The normalized spacial score (nSPS) is 29.4. The predicted octanol–water partition coefficient (Wildman–Crippen LogP) is 1.39. The first-order valence-electron chi connectivity index (χ1n) is 8.67. The van der Waals surface area contributed by atoms with Gasteiger partial charge in [0.25, 0.3) is 0 Å². The Hall–Kier alpha value is -1.91. The molecule has 0 aromatic carbocycles. The number of pyridine rings is 1. The molecule has 0 spiro atoms. The smallest absolute Gasteiger partial charge is 0.228 e. The van der Waals surface area contributed by atoms with Gasteiger partial charge in [-0.25, -0.2) is 0 Å². The van der Waals surface area contributed by atoms with Crippen LogP contribution in [-0.4, -0.2) is 40.8 Å². The van der Waals surface area contributed by atoms with E-state index in [4.69, 9.17) is 0 Å². The standard InChI is InChI=1S/C18H23N3O2/c22-17(9-16-3-1-2-6-19-16)21-10-13-7-12(8-14(13)11-21)18(23)20-15-4-5-15/h1-3,6,12-15H,4-5,7-11H2,(H,20,23)/t12?,13-,14+. The van der Waals surface area contributed by atoms with Crippen LogP contribution in [0.5, 0.6) is 0 Å². The van der Waals surface area contributed by atoms with E-state index in [0.29, 0.717) is 24.3 Å². The molecule has 1 saturated heterocycles. The van der Waals surface area contributed by atoms with Gasteiger partial charge in [0.05, 0.1) is 6.42 Å². The van der Waals surface area contributed by atoms with Crippen LogP contribution in [-0.2, 0) is 16.0 Å². The molecule has 5 nitrogen and oxygen atoms in total. The summed E-state index contributed by atoms with van der Waals surface area (Å²) in [5.41, 5.74) is 0.830. The summed E-state index contributed by atoms with van der Waals surface area (Å²) in [5.74, 6) is 1.57. The third kappa shape index (κ3) is 3.23. The molecule has 2 heterocycles. The van der Waals surface area contributed by atoms with E-state index in [1.807, 2.05) is 23.1 Å². The van der Waals surface area contributed by atoms with E-state index in [0.717, 1.165) is 44.5 Å². The Balaban J connectivity index is 1.29. The van der Waals surface area contributed by atoms with Crippen molar-refractivity contribution in [1.82, 2.24) is 15.2 Å². The minimum absolute atomic E-state index is 0.164. The van der Waals surface area contributed by atoms with Crippen LogP contribution < -0.4 is 5.32 Å². The molecular formula is C18H23N3O2. The van der Waals surface area contributed by atoms with Gasteiger partial charge < -0.3 is 10.2 Å².